The molecule has 1 fully saturated rings. The third kappa shape index (κ3) is 2.44. The molecule has 0 aliphatic carbocycles. The van der Waals surface area contributed by atoms with Crippen LogP contribution in [0.2, 0.25) is 0 Å². The fourth-order valence-electron chi connectivity index (χ4n) is 3.78. The van der Waals surface area contributed by atoms with Gasteiger partial charge in [0.05, 0.1) is 4.32 Å². The molecule has 114 valence electrons. The molecule has 1 aromatic heterocycles. The van der Waals surface area contributed by atoms with Gasteiger partial charge in [-0.1, -0.05) is 52.3 Å². The van der Waals surface area contributed by atoms with Gasteiger partial charge in [-0.15, -0.1) is 0 Å². The quantitative estimate of drug-likeness (QED) is 0.837. The maximum Gasteiger partial charge on any atom is 0.254 e. The Morgan fingerprint density at radius 3 is 2.86 bits per heavy atom. The van der Waals surface area contributed by atoms with Crippen LogP contribution in [0.4, 0.5) is 0 Å². The van der Waals surface area contributed by atoms with Crippen molar-refractivity contribution < 1.29 is 0 Å². The minimum absolute atomic E-state index is 0.0259. The number of hydrogen-bond donors (Lipinski definition) is 1. The van der Waals surface area contributed by atoms with Crippen molar-refractivity contribution >= 4 is 15.9 Å². The zero-order chi connectivity index (χ0) is 15.2. The van der Waals surface area contributed by atoms with E-state index < -0.39 is 0 Å². The molecule has 3 nitrogen and oxygen atoms in total. The van der Waals surface area contributed by atoms with Crippen LogP contribution in [0.5, 0.6) is 0 Å². The van der Waals surface area contributed by atoms with Crippen LogP contribution in [0.3, 0.4) is 0 Å². The number of benzene rings is 1. The SMILES string of the molecule is O=c1c(Cc2ccccc2)ccc2n1C[C@]1(Br)CNC[C@H]2C1. The van der Waals surface area contributed by atoms with Gasteiger partial charge in [0.2, 0.25) is 0 Å². The average molecular weight is 359 g/mol. The number of fused-ring (bicyclic) bond motifs is 4. The lowest BCUT2D eigenvalue weighted by Gasteiger charge is -2.43. The van der Waals surface area contributed by atoms with E-state index in [1.807, 2.05) is 28.8 Å². The van der Waals surface area contributed by atoms with E-state index in [0.29, 0.717) is 12.3 Å². The Morgan fingerprint density at radius 2 is 2.05 bits per heavy atom. The monoisotopic (exact) mass is 358 g/mol. The van der Waals surface area contributed by atoms with Crippen molar-refractivity contribution in [3.05, 3.63) is 69.6 Å². The van der Waals surface area contributed by atoms with Gasteiger partial charge < -0.3 is 9.88 Å². The predicted octanol–water partition coefficient (Wildman–Crippen LogP) is 2.66. The molecule has 1 N–H and O–H groups in total. The van der Waals surface area contributed by atoms with Gasteiger partial charge in [-0.2, -0.15) is 0 Å². The van der Waals surface area contributed by atoms with Crippen LogP contribution in [-0.4, -0.2) is 22.0 Å². The van der Waals surface area contributed by atoms with E-state index in [1.165, 1.54) is 11.3 Å². The molecule has 4 rings (SSSR count). The highest BCUT2D eigenvalue weighted by molar-refractivity contribution is 9.10. The summed E-state index contributed by atoms with van der Waals surface area (Å²) >= 11 is 3.86. The summed E-state index contributed by atoms with van der Waals surface area (Å²) in [5.74, 6) is 0.431. The number of alkyl halides is 1. The van der Waals surface area contributed by atoms with Gasteiger partial charge in [-0.05, 0) is 18.1 Å². The highest BCUT2D eigenvalue weighted by atomic mass is 79.9. The van der Waals surface area contributed by atoms with E-state index in [0.717, 1.165) is 31.6 Å². The summed E-state index contributed by atoms with van der Waals surface area (Å²) in [5.41, 5.74) is 3.44. The maximum absolute atomic E-state index is 12.9. The lowest BCUT2D eigenvalue weighted by molar-refractivity contribution is 0.294. The normalized spacial score (nSPS) is 26.5. The molecule has 1 aromatic carbocycles. The summed E-state index contributed by atoms with van der Waals surface area (Å²) in [7, 11) is 0. The molecule has 4 heteroatoms. The van der Waals surface area contributed by atoms with Crippen LogP contribution in [-0.2, 0) is 13.0 Å². The molecule has 2 aromatic rings. The average Bonchev–Trinajstić information content (AvgIpc) is 2.51. The minimum Gasteiger partial charge on any atom is -0.315 e. The van der Waals surface area contributed by atoms with Crippen molar-refractivity contribution in [3.8, 4) is 0 Å². The maximum atomic E-state index is 12.9. The van der Waals surface area contributed by atoms with Gasteiger partial charge in [0.25, 0.3) is 5.56 Å². The van der Waals surface area contributed by atoms with Crippen LogP contribution in [0.25, 0.3) is 0 Å². The van der Waals surface area contributed by atoms with E-state index in [-0.39, 0.29) is 9.88 Å². The molecule has 3 heterocycles. The van der Waals surface area contributed by atoms with Crippen molar-refractivity contribution in [2.75, 3.05) is 13.1 Å². The first kappa shape index (κ1) is 14.2. The zero-order valence-electron chi connectivity index (χ0n) is 12.4. The first-order valence-electron chi connectivity index (χ1n) is 7.81. The van der Waals surface area contributed by atoms with E-state index in [2.05, 4.69) is 39.4 Å². The largest absolute Gasteiger partial charge is 0.315 e. The molecule has 0 unspecified atom stereocenters. The highest BCUT2D eigenvalue weighted by Crippen LogP contribution is 2.40. The van der Waals surface area contributed by atoms with Crippen molar-refractivity contribution in [1.29, 1.82) is 0 Å². The van der Waals surface area contributed by atoms with Gasteiger partial charge in [-0.25, -0.2) is 0 Å². The zero-order valence-corrected chi connectivity index (χ0v) is 14.0. The minimum atomic E-state index is 0.0259. The van der Waals surface area contributed by atoms with E-state index in [4.69, 9.17) is 0 Å². The lowest BCUT2D eigenvalue weighted by Crippen LogP contribution is -2.53. The fraction of sp³-hybridized carbons (Fsp3) is 0.389. The molecule has 2 bridgehead atoms. The second kappa shape index (κ2) is 5.36. The molecule has 2 aliphatic heterocycles. The van der Waals surface area contributed by atoms with Crippen LogP contribution in [0, 0.1) is 0 Å². The Hall–Kier alpha value is -1.39. The summed E-state index contributed by atoms with van der Waals surface area (Å²) in [6.07, 6.45) is 1.82. The Kier molecular flexibility index (Phi) is 3.46. The number of nitrogens with one attached hydrogen (secondary N) is 1. The Bertz CT molecular complexity index is 755. The molecule has 0 saturated carbocycles. The third-order valence-electron chi connectivity index (χ3n) is 4.83. The number of halogens is 1. The number of aromatic nitrogens is 1. The summed E-state index contributed by atoms with van der Waals surface area (Å²) in [4.78, 5) is 12.9. The second-order valence-electron chi connectivity index (χ2n) is 6.52. The van der Waals surface area contributed by atoms with Crippen LogP contribution in [0.1, 0.15) is 29.2 Å². The van der Waals surface area contributed by atoms with E-state index in [9.17, 15) is 4.79 Å². The van der Waals surface area contributed by atoms with Crippen LogP contribution in [0.15, 0.2) is 47.3 Å². The van der Waals surface area contributed by atoms with Gasteiger partial charge in [0.1, 0.15) is 0 Å². The standard InChI is InChI=1S/C18H19BrN2O/c19-18-9-15(10-20-11-18)16-7-6-14(17(22)21(16)12-18)8-13-4-2-1-3-5-13/h1-7,15,20H,8-12H2/t15-,18-/m1/s1. The predicted molar refractivity (Wildman–Crippen MR) is 91.8 cm³/mol. The summed E-state index contributed by atoms with van der Waals surface area (Å²) in [6.45, 7) is 2.65. The Morgan fingerprint density at radius 1 is 1.23 bits per heavy atom. The second-order valence-corrected chi connectivity index (χ2v) is 8.20. The summed E-state index contributed by atoms with van der Waals surface area (Å²) in [5, 5.41) is 3.48. The molecular formula is C18H19BrN2O. The Balaban J connectivity index is 1.74. The first-order valence-corrected chi connectivity index (χ1v) is 8.60. The van der Waals surface area contributed by atoms with Crippen molar-refractivity contribution in [3.63, 3.8) is 0 Å². The van der Waals surface area contributed by atoms with Crippen molar-refractivity contribution in [2.45, 2.75) is 29.6 Å². The van der Waals surface area contributed by atoms with Gasteiger partial charge in [0, 0.05) is 43.2 Å². The van der Waals surface area contributed by atoms with Gasteiger partial charge in [-0.3, -0.25) is 4.79 Å². The molecule has 2 atom stereocenters. The van der Waals surface area contributed by atoms with Crippen molar-refractivity contribution in [2.24, 2.45) is 0 Å². The molecule has 1 saturated heterocycles. The van der Waals surface area contributed by atoms with E-state index >= 15 is 0 Å². The smallest absolute Gasteiger partial charge is 0.254 e. The molecule has 0 radical (unpaired) electrons. The first-order chi connectivity index (χ1) is 10.6. The third-order valence-corrected chi connectivity index (χ3v) is 5.68. The number of rotatable bonds is 2. The Labute approximate surface area is 138 Å². The number of nitrogens with zero attached hydrogens (tertiary/aromatic N) is 1. The lowest BCUT2D eigenvalue weighted by atomic mass is 9.83. The number of piperidine rings is 1. The van der Waals surface area contributed by atoms with Crippen LogP contribution >= 0.6 is 15.9 Å². The summed E-state index contributed by atoms with van der Waals surface area (Å²) < 4.78 is 2.03. The van der Waals surface area contributed by atoms with Gasteiger partial charge >= 0.3 is 0 Å². The molecule has 2 aliphatic rings. The number of hydrogen-bond acceptors (Lipinski definition) is 2. The molecule has 0 amide bonds. The molecule has 22 heavy (non-hydrogen) atoms. The summed E-state index contributed by atoms with van der Waals surface area (Å²) in [6, 6.07) is 14.4. The fourth-order valence-corrected chi connectivity index (χ4v) is 4.62. The molecular weight excluding hydrogens is 340 g/mol. The number of pyridine rings is 1. The van der Waals surface area contributed by atoms with E-state index in [1.54, 1.807) is 0 Å². The highest BCUT2D eigenvalue weighted by Gasteiger charge is 2.40. The van der Waals surface area contributed by atoms with Crippen molar-refractivity contribution in [1.82, 2.24) is 9.88 Å². The van der Waals surface area contributed by atoms with Crippen LogP contribution < -0.4 is 10.9 Å². The molecule has 0 spiro atoms. The van der Waals surface area contributed by atoms with Gasteiger partial charge in [0.15, 0.2) is 0 Å². The topological polar surface area (TPSA) is 34.0 Å².